The Morgan fingerprint density at radius 2 is 1.83 bits per heavy atom. The highest BCUT2D eigenvalue weighted by molar-refractivity contribution is 5.81. The SMILES string of the molecule is Cc1ccn2c(-c3cnn(C)c3)c(-c3ccc(F)cc3)nc2c1. The lowest BCUT2D eigenvalue weighted by molar-refractivity contribution is 0.628. The smallest absolute Gasteiger partial charge is 0.138 e. The predicted molar refractivity (Wildman–Crippen MR) is 87.5 cm³/mol. The van der Waals surface area contributed by atoms with Crippen LogP contribution < -0.4 is 0 Å². The lowest BCUT2D eigenvalue weighted by Crippen LogP contribution is -1.89. The topological polar surface area (TPSA) is 35.1 Å². The van der Waals surface area contributed by atoms with Crippen molar-refractivity contribution in [3.63, 3.8) is 0 Å². The Hall–Kier alpha value is -2.95. The van der Waals surface area contributed by atoms with Crippen molar-refractivity contribution in [2.75, 3.05) is 0 Å². The van der Waals surface area contributed by atoms with Gasteiger partial charge in [0.15, 0.2) is 0 Å². The average molecular weight is 306 g/mol. The number of nitrogens with zero attached hydrogens (tertiary/aromatic N) is 4. The van der Waals surface area contributed by atoms with Crippen molar-refractivity contribution in [2.45, 2.75) is 6.92 Å². The largest absolute Gasteiger partial charge is 0.299 e. The van der Waals surface area contributed by atoms with Gasteiger partial charge in [-0.25, -0.2) is 9.37 Å². The fraction of sp³-hybridized carbons (Fsp3) is 0.111. The summed E-state index contributed by atoms with van der Waals surface area (Å²) >= 11 is 0. The maximum absolute atomic E-state index is 13.2. The molecule has 0 unspecified atom stereocenters. The molecule has 5 heteroatoms. The molecule has 4 rings (SSSR count). The molecule has 0 bridgehead atoms. The van der Waals surface area contributed by atoms with Gasteiger partial charge in [-0.2, -0.15) is 5.10 Å². The van der Waals surface area contributed by atoms with Gasteiger partial charge in [0.1, 0.15) is 11.5 Å². The average Bonchev–Trinajstić information content (AvgIpc) is 3.10. The van der Waals surface area contributed by atoms with Crippen molar-refractivity contribution in [1.82, 2.24) is 19.2 Å². The second-order valence-corrected chi connectivity index (χ2v) is 5.65. The Kier molecular flexibility index (Phi) is 3.01. The molecule has 0 saturated heterocycles. The number of halogens is 1. The molecule has 0 aliphatic heterocycles. The van der Waals surface area contributed by atoms with Crippen LogP contribution in [-0.4, -0.2) is 19.2 Å². The molecule has 114 valence electrons. The molecule has 23 heavy (non-hydrogen) atoms. The molecule has 0 N–H and O–H groups in total. The summed E-state index contributed by atoms with van der Waals surface area (Å²) in [7, 11) is 1.88. The van der Waals surface area contributed by atoms with Gasteiger partial charge >= 0.3 is 0 Å². The summed E-state index contributed by atoms with van der Waals surface area (Å²) in [6.07, 6.45) is 5.78. The van der Waals surface area contributed by atoms with Crippen LogP contribution in [0.1, 0.15) is 5.56 Å². The van der Waals surface area contributed by atoms with Gasteiger partial charge in [0.2, 0.25) is 0 Å². The Labute approximate surface area is 132 Å². The molecule has 0 spiro atoms. The quantitative estimate of drug-likeness (QED) is 0.564. The van der Waals surface area contributed by atoms with E-state index >= 15 is 0 Å². The minimum absolute atomic E-state index is 0.253. The van der Waals surface area contributed by atoms with Crippen LogP contribution in [-0.2, 0) is 7.05 Å². The molecule has 0 fully saturated rings. The van der Waals surface area contributed by atoms with E-state index in [-0.39, 0.29) is 5.82 Å². The molecule has 3 heterocycles. The molecule has 0 amide bonds. The zero-order valence-corrected chi connectivity index (χ0v) is 12.9. The van der Waals surface area contributed by atoms with Gasteiger partial charge in [-0.1, -0.05) is 0 Å². The van der Waals surface area contributed by atoms with Crippen molar-refractivity contribution in [3.8, 4) is 22.5 Å². The van der Waals surface area contributed by atoms with Crippen molar-refractivity contribution in [2.24, 2.45) is 7.05 Å². The molecule has 0 radical (unpaired) electrons. The number of pyridine rings is 1. The van der Waals surface area contributed by atoms with Gasteiger partial charge in [0, 0.05) is 30.6 Å². The number of aromatic nitrogens is 4. The third-order valence-electron chi connectivity index (χ3n) is 3.88. The van der Waals surface area contributed by atoms with Gasteiger partial charge in [0.05, 0.1) is 17.6 Å². The number of aryl methyl sites for hydroxylation is 2. The second kappa shape index (κ2) is 5.05. The number of rotatable bonds is 2. The highest BCUT2D eigenvalue weighted by atomic mass is 19.1. The summed E-state index contributed by atoms with van der Waals surface area (Å²) in [6.45, 7) is 2.04. The van der Waals surface area contributed by atoms with Gasteiger partial charge in [-0.15, -0.1) is 0 Å². The highest BCUT2D eigenvalue weighted by Crippen LogP contribution is 2.32. The van der Waals surface area contributed by atoms with Crippen molar-refractivity contribution in [3.05, 3.63) is 66.4 Å². The lowest BCUT2D eigenvalue weighted by Gasteiger charge is -2.03. The monoisotopic (exact) mass is 306 g/mol. The van der Waals surface area contributed by atoms with Crippen molar-refractivity contribution in [1.29, 1.82) is 0 Å². The summed E-state index contributed by atoms with van der Waals surface area (Å²) < 4.78 is 17.1. The molecule has 0 atom stereocenters. The summed E-state index contributed by atoms with van der Waals surface area (Å²) in [4.78, 5) is 4.76. The number of imidazole rings is 1. The van der Waals surface area contributed by atoms with Crippen molar-refractivity contribution >= 4 is 5.65 Å². The Morgan fingerprint density at radius 3 is 2.52 bits per heavy atom. The summed E-state index contributed by atoms with van der Waals surface area (Å²) in [5.41, 5.74) is 5.65. The van der Waals surface area contributed by atoms with E-state index in [1.807, 2.05) is 49.1 Å². The molecule has 0 aliphatic carbocycles. The first-order chi connectivity index (χ1) is 11.1. The summed E-state index contributed by atoms with van der Waals surface area (Å²) in [6, 6.07) is 10.5. The number of benzene rings is 1. The van der Waals surface area contributed by atoms with Gasteiger partial charge in [0.25, 0.3) is 0 Å². The van der Waals surface area contributed by atoms with Crippen LogP contribution in [0.2, 0.25) is 0 Å². The fourth-order valence-electron chi connectivity index (χ4n) is 2.77. The van der Waals surface area contributed by atoms with E-state index in [0.717, 1.165) is 33.7 Å². The Morgan fingerprint density at radius 1 is 1.04 bits per heavy atom. The normalized spacial score (nSPS) is 11.3. The third kappa shape index (κ3) is 2.30. The van der Waals surface area contributed by atoms with Crippen LogP contribution in [0.15, 0.2) is 55.0 Å². The number of hydrogen-bond donors (Lipinski definition) is 0. The minimum atomic E-state index is -0.253. The Balaban J connectivity index is 2.04. The lowest BCUT2D eigenvalue weighted by atomic mass is 10.1. The van der Waals surface area contributed by atoms with E-state index in [1.165, 1.54) is 12.1 Å². The minimum Gasteiger partial charge on any atom is -0.299 e. The first-order valence-corrected chi connectivity index (χ1v) is 7.35. The number of fused-ring (bicyclic) bond motifs is 1. The van der Waals surface area contributed by atoms with E-state index < -0.39 is 0 Å². The van der Waals surface area contributed by atoms with Crippen LogP contribution in [0.5, 0.6) is 0 Å². The third-order valence-corrected chi connectivity index (χ3v) is 3.88. The molecular formula is C18H15FN4. The predicted octanol–water partition coefficient (Wildman–Crippen LogP) is 3.85. The van der Waals surface area contributed by atoms with E-state index in [4.69, 9.17) is 4.98 Å². The van der Waals surface area contributed by atoms with E-state index in [9.17, 15) is 4.39 Å². The molecular weight excluding hydrogens is 291 g/mol. The van der Waals surface area contributed by atoms with E-state index in [0.29, 0.717) is 0 Å². The van der Waals surface area contributed by atoms with Gasteiger partial charge in [-0.05, 0) is 48.9 Å². The molecule has 3 aromatic heterocycles. The zero-order chi connectivity index (χ0) is 16.0. The first kappa shape index (κ1) is 13.7. The molecule has 4 aromatic rings. The molecule has 1 aromatic carbocycles. The van der Waals surface area contributed by atoms with Crippen LogP contribution in [0.3, 0.4) is 0 Å². The second-order valence-electron chi connectivity index (χ2n) is 5.65. The van der Waals surface area contributed by atoms with Crippen molar-refractivity contribution < 1.29 is 4.39 Å². The van der Waals surface area contributed by atoms with E-state index in [2.05, 4.69) is 5.10 Å². The zero-order valence-electron chi connectivity index (χ0n) is 12.9. The van der Waals surface area contributed by atoms with Crippen LogP contribution in [0.25, 0.3) is 28.2 Å². The van der Waals surface area contributed by atoms with Gasteiger partial charge in [-0.3, -0.25) is 9.08 Å². The van der Waals surface area contributed by atoms with E-state index in [1.54, 1.807) is 16.8 Å². The van der Waals surface area contributed by atoms with Crippen LogP contribution in [0.4, 0.5) is 4.39 Å². The maximum Gasteiger partial charge on any atom is 0.138 e. The molecule has 4 nitrogen and oxygen atoms in total. The Bertz CT molecular complexity index is 996. The molecule has 0 saturated carbocycles. The highest BCUT2D eigenvalue weighted by Gasteiger charge is 2.17. The van der Waals surface area contributed by atoms with Crippen LogP contribution >= 0.6 is 0 Å². The number of hydrogen-bond acceptors (Lipinski definition) is 2. The first-order valence-electron chi connectivity index (χ1n) is 7.35. The summed E-state index contributed by atoms with van der Waals surface area (Å²) in [5.74, 6) is -0.253. The molecule has 0 aliphatic rings. The summed E-state index contributed by atoms with van der Waals surface area (Å²) in [5, 5.41) is 4.26. The van der Waals surface area contributed by atoms with Crippen LogP contribution in [0, 0.1) is 12.7 Å². The van der Waals surface area contributed by atoms with Gasteiger partial charge < -0.3 is 0 Å². The maximum atomic E-state index is 13.2. The fourth-order valence-corrected chi connectivity index (χ4v) is 2.77. The standard InChI is InChI=1S/C18H15FN4/c1-12-7-8-23-16(9-12)21-17(13-3-5-15(19)6-4-13)18(23)14-10-20-22(2)11-14/h3-11H,1-2H3.